The molecule has 1 heterocycles. The summed E-state index contributed by atoms with van der Waals surface area (Å²) in [6.45, 7) is 4.64. The van der Waals surface area contributed by atoms with Crippen LogP contribution in [-0.2, 0) is 11.3 Å². The molecule has 1 saturated carbocycles. The fourth-order valence-corrected chi connectivity index (χ4v) is 3.33. The van der Waals surface area contributed by atoms with Crippen molar-refractivity contribution < 1.29 is 4.79 Å². The first kappa shape index (κ1) is 14.9. The van der Waals surface area contributed by atoms with Gasteiger partial charge in [-0.15, -0.1) is 0 Å². The van der Waals surface area contributed by atoms with Gasteiger partial charge in [0.25, 0.3) is 0 Å². The van der Waals surface area contributed by atoms with E-state index in [0.717, 1.165) is 57.0 Å². The minimum atomic E-state index is 0.320. The molecule has 0 N–H and O–H groups in total. The number of carbonyl (C=O) groups is 1. The average molecular weight is 307 g/mol. The second kappa shape index (κ2) is 6.80. The third-order valence-electron chi connectivity index (χ3n) is 4.71. The van der Waals surface area contributed by atoms with Crippen molar-refractivity contribution in [2.75, 3.05) is 26.2 Å². The third kappa shape index (κ3) is 3.58. The van der Waals surface area contributed by atoms with E-state index in [9.17, 15) is 4.79 Å². The van der Waals surface area contributed by atoms with Crippen molar-refractivity contribution in [3.63, 3.8) is 0 Å². The lowest BCUT2D eigenvalue weighted by Gasteiger charge is -2.31. The highest BCUT2D eigenvalue weighted by molar-refractivity contribution is 6.31. The molecule has 1 saturated heterocycles. The molecule has 2 aliphatic rings. The van der Waals surface area contributed by atoms with Crippen LogP contribution in [-0.4, -0.2) is 41.9 Å². The quantitative estimate of drug-likeness (QED) is 0.856. The van der Waals surface area contributed by atoms with Gasteiger partial charge in [-0.3, -0.25) is 9.69 Å². The molecule has 1 amide bonds. The number of hydrogen-bond acceptors (Lipinski definition) is 2. The Bertz CT molecular complexity index is 501. The van der Waals surface area contributed by atoms with Crippen LogP contribution in [0.15, 0.2) is 24.3 Å². The largest absolute Gasteiger partial charge is 0.341 e. The van der Waals surface area contributed by atoms with Gasteiger partial charge in [-0.1, -0.05) is 36.2 Å². The topological polar surface area (TPSA) is 23.6 Å². The fourth-order valence-electron chi connectivity index (χ4n) is 3.13. The summed E-state index contributed by atoms with van der Waals surface area (Å²) in [5.74, 6) is 0.709. The molecule has 2 fully saturated rings. The molecule has 1 aliphatic heterocycles. The van der Waals surface area contributed by atoms with Crippen molar-refractivity contribution in [2.24, 2.45) is 5.92 Å². The predicted molar refractivity (Wildman–Crippen MR) is 85.3 cm³/mol. The second-order valence-corrected chi connectivity index (χ2v) is 6.58. The molecule has 1 aromatic carbocycles. The smallest absolute Gasteiger partial charge is 0.225 e. The molecule has 0 unspecified atom stereocenters. The first-order valence-electron chi connectivity index (χ1n) is 7.98. The van der Waals surface area contributed by atoms with Crippen LogP contribution in [0, 0.1) is 5.92 Å². The van der Waals surface area contributed by atoms with Gasteiger partial charge in [-0.25, -0.2) is 0 Å². The summed E-state index contributed by atoms with van der Waals surface area (Å²) < 4.78 is 0. The molecule has 0 atom stereocenters. The number of benzene rings is 1. The third-order valence-corrected chi connectivity index (χ3v) is 5.08. The standard InChI is InChI=1S/C17H23ClN2O/c18-16-8-2-1-5-15(16)13-19-9-4-10-20(12-11-19)17(21)14-6-3-7-14/h1-2,5,8,14H,3-4,6-7,9-13H2. The van der Waals surface area contributed by atoms with Crippen LogP contribution >= 0.6 is 11.6 Å². The molecule has 0 aromatic heterocycles. The summed E-state index contributed by atoms with van der Waals surface area (Å²) in [6.07, 6.45) is 4.48. The Hall–Kier alpha value is -1.06. The van der Waals surface area contributed by atoms with Gasteiger partial charge >= 0.3 is 0 Å². The van der Waals surface area contributed by atoms with Crippen molar-refractivity contribution in [3.05, 3.63) is 34.9 Å². The molecular weight excluding hydrogens is 284 g/mol. The van der Waals surface area contributed by atoms with Crippen molar-refractivity contribution in [1.29, 1.82) is 0 Å². The highest BCUT2D eigenvalue weighted by Crippen LogP contribution is 2.28. The zero-order valence-electron chi connectivity index (χ0n) is 12.4. The Morgan fingerprint density at radius 1 is 1.10 bits per heavy atom. The summed E-state index contributed by atoms with van der Waals surface area (Å²) in [4.78, 5) is 16.8. The maximum Gasteiger partial charge on any atom is 0.225 e. The Morgan fingerprint density at radius 2 is 1.90 bits per heavy atom. The summed E-state index contributed by atoms with van der Waals surface area (Å²) in [7, 11) is 0. The maximum absolute atomic E-state index is 12.3. The summed E-state index contributed by atoms with van der Waals surface area (Å²) in [6, 6.07) is 8.03. The number of halogens is 1. The minimum absolute atomic E-state index is 0.320. The molecule has 21 heavy (non-hydrogen) atoms. The SMILES string of the molecule is O=C(C1CCC1)N1CCCN(Cc2ccccc2Cl)CC1. The highest BCUT2D eigenvalue weighted by atomic mass is 35.5. The first-order chi connectivity index (χ1) is 10.2. The molecule has 1 aromatic rings. The van der Waals surface area contributed by atoms with E-state index in [2.05, 4.69) is 15.9 Å². The molecule has 3 nitrogen and oxygen atoms in total. The average Bonchev–Trinajstić information content (AvgIpc) is 2.65. The van der Waals surface area contributed by atoms with Gasteiger partial charge in [0.05, 0.1) is 0 Å². The summed E-state index contributed by atoms with van der Waals surface area (Å²) in [5, 5.41) is 0.837. The van der Waals surface area contributed by atoms with Gasteiger partial charge in [0.1, 0.15) is 0 Å². The van der Waals surface area contributed by atoms with E-state index in [-0.39, 0.29) is 0 Å². The lowest BCUT2D eigenvalue weighted by molar-refractivity contribution is -0.138. The van der Waals surface area contributed by atoms with Crippen LogP contribution in [0.4, 0.5) is 0 Å². The van der Waals surface area contributed by atoms with Gasteiger partial charge in [-0.05, 0) is 30.9 Å². The van der Waals surface area contributed by atoms with E-state index in [1.165, 1.54) is 12.0 Å². The molecular formula is C17H23ClN2O. The number of rotatable bonds is 3. The number of hydrogen-bond donors (Lipinski definition) is 0. The predicted octanol–water partition coefficient (Wildman–Crippen LogP) is 3.17. The number of nitrogens with zero attached hydrogens (tertiary/aromatic N) is 2. The molecule has 1 aliphatic carbocycles. The van der Waals surface area contributed by atoms with Gasteiger partial charge < -0.3 is 4.90 Å². The Kier molecular flexibility index (Phi) is 4.81. The van der Waals surface area contributed by atoms with Crippen molar-refractivity contribution in [1.82, 2.24) is 9.80 Å². The first-order valence-corrected chi connectivity index (χ1v) is 8.36. The highest BCUT2D eigenvalue weighted by Gasteiger charge is 2.30. The van der Waals surface area contributed by atoms with E-state index in [1.807, 2.05) is 18.2 Å². The summed E-state index contributed by atoms with van der Waals surface area (Å²) in [5.41, 5.74) is 1.18. The molecule has 114 valence electrons. The van der Waals surface area contributed by atoms with E-state index in [4.69, 9.17) is 11.6 Å². The van der Waals surface area contributed by atoms with Gasteiger partial charge in [0, 0.05) is 43.7 Å². The lowest BCUT2D eigenvalue weighted by atomic mass is 9.84. The van der Waals surface area contributed by atoms with Crippen LogP contribution in [0.2, 0.25) is 5.02 Å². The lowest BCUT2D eigenvalue weighted by Crippen LogP contribution is -2.41. The molecule has 0 spiro atoms. The molecule has 4 heteroatoms. The normalized spacial score (nSPS) is 20.9. The van der Waals surface area contributed by atoms with Crippen LogP contribution < -0.4 is 0 Å². The number of amides is 1. The monoisotopic (exact) mass is 306 g/mol. The van der Waals surface area contributed by atoms with Crippen molar-refractivity contribution in [3.8, 4) is 0 Å². The van der Waals surface area contributed by atoms with Crippen molar-refractivity contribution in [2.45, 2.75) is 32.2 Å². The second-order valence-electron chi connectivity index (χ2n) is 6.17. The minimum Gasteiger partial charge on any atom is -0.341 e. The van der Waals surface area contributed by atoms with E-state index in [0.29, 0.717) is 11.8 Å². The van der Waals surface area contributed by atoms with Crippen LogP contribution in [0.25, 0.3) is 0 Å². The fraction of sp³-hybridized carbons (Fsp3) is 0.588. The molecule has 0 bridgehead atoms. The van der Waals surface area contributed by atoms with Gasteiger partial charge in [-0.2, -0.15) is 0 Å². The Morgan fingerprint density at radius 3 is 2.62 bits per heavy atom. The van der Waals surface area contributed by atoms with Crippen LogP contribution in [0.1, 0.15) is 31.2 Å². The zero-order chi connectivity index (χ0) is 14.7. The Labute approximate surface area is 131 Å². The van der Waals surface area contributed by atoms with Gasteiger partial charge in [0.2, 0.25) is 5.91 Å². The Balaban J connectivity index is 1.55. The van der Waals surface area contributed by atoms with E-state index >= 15 is 0 Å². The van der Waals surface area contributed by atoms with E-state index < -0.39 is 0 Å². The van der Waals surface area contributed by atoms with Crippen LogP contribution in [0.3, 0.4) is 0 Å². The van der Waals surface area contributed by atoms with Crippen molar-refractivity contribution >= 4 is 17.5 Å². The van der Waals surface area contributed by atoms with Crippen LogP contribution in [0.5, 0.6) is 0 Å². The molecule has 0 radical (unpaired) electrons. The molecule has 3 rings (SSSR count). The number of carbonyl (C=O) groups excluding carboxylic acids is 1. The summed E-state index contributed by atoms with van der Waals surface area (Å²) >= 11 is 6.24. The maximum atomic E-state index is 12.3. The zero-order valence-corrected chi connectivity index (χ0v) is 13.2. The van der Waals surface area contributed by atoms with E-state index in [1.54, 1.807) is 0 Å². The van der Waals surface area contributed by atoms with Gasteiger partial charge in [0.15, 0.2) is 0 Å².